The molecule has 47 heavy (non-hydrogen) atoms. The second kappa shape index (κ2) is 12.5. The van der Waals surface area contributed by atoms with Gasteiger partial charge < -0.3 is 14.4 Å². The van der Waals surface area contributed by atoms with Gasteiger partial charge in [-0.25, -0.2) is 4.79 Å². The number of hydrogen-bond acceptors (Lipinski definition) is 6. The highest BCUT2D eigenvalue weighted by molar-refractivity contribution is 7.98. The van der Waals surface area contributed by atoms with Gasteiger partial charge in [-0.2, -0.15) is 10.2 Å². The average Bonchev–Trinajstić information content (AvgIpc) is 3.62. The van der Waals surface area contributed by atoms with E-state index in [1.807, 2.05) is 56.0 Å². The number of hydrogen-bond donors (Lipinski definition) is 1. The van der Waals surface area contributed by atoms with Gasteiger partial charge in [0.25, 0.3) is 0 Å². The molecule has 0 saturated carbocycles. The van der Waals surface area contributed by atoms with E-state index in [2.05, 4.69) is 29.4 Å². The Kier molecular flexibility index (Phi) is 8.40. The Bertz CT molecular complexity index is 2230. The molecule has 0 saturated heterocycles. The van der Waals surface area contributed by atoms with Gasteiger partial charge in [-0.1, -0.05) is 41.9 Å². The van der Waals surface area contributed by atoms with Crippen molar-refractivity contribution in [3.8, 4) is 16.9 Å². The summed E-state index contributed by atoms with van der Waals surface area (Å²) in [5.74, 6) is 0.948. The number of aromatic nitrogens is 5. The number of thioether (sulfide) groups is 1. The summed E-state index contributed by atoms with van der Waals surface area (Å²) in [5, 5.41) is 23.3. The van der Waals surface area contributed by atoms with Crippen molar-refractivity contribution in [2.45, 2.75) is 41.9 Å². The minimum atomic E-state index is -1.32. The number of carbonyl (C=O) groups is 1. The number of aromatic carboxylic acids is 1. The monoisotopic (exact) mass is 687 g/mol. The van der Waals surface area contributed by atoms with Crippen molar-refractivity contribution in [2.24, 2.45) is 21.1 Å². The number of benzene rings is 3. The summed E-state index contributed by atoms with van der Waals surface area (Å²) in [5.41, 5.74) is 6.41. The molecule has 12 heteroatoms. The van der Waals surface area contributed by atoms with Crippen molar-refractivity contribution in [3.63, 3.8) is 0 Å². The fraction of sp³-hybridized carbons (Fsp3) is 0.286. The normalized spacial score (nSPS) is 15.8. The highest BCUT2D eigenvalue weighted by Gasteiger charge is 2.28. The zero-order valence-corrected chi connectivity index (χ0v) is 28.9. The third-order valence-corrected chi connectivity index (χ3v) is 11.5. The van der Waals surface area contributed by atoms with Crippen molar-refractivity contribution >= 4 is 61.8 Å². The third kappa shape index (κ3) is 5.74. The number of aryl methyl sites for hydroxylation is 4. The molecule has 1 atom stereocenters. The van der Waals surface area contributed by atoms with Gasteiger partial charge in [-0.05, 0) is 55.0 Å². The van der Waals surface area contributed by atoms with E-state index in [9.17, 15) is 14.1 Å². The lowest BCUT2D eigenvalue weighted by Gasteiger charge is -2.12. The van der Waals surface area contributed by atoms with Crippen LogP contribution in [0.25, 0.3) is 32.8 Å². The lowest BCUT2D eigenvalue weighted by Crippen LogP contribution is -2.09. The molecule has 6 aromatic rings. The summed E-state index contributed by atoms with van der Waals surface area (Å²) >= 11 is 8.64. The molecule has 4 heterocycles. The van der Waals surface area contributed by atoms with Crippen molar-refractivity contribution in [3.05, 3.63) is 93.7 Å². The smallest absolute Gasteiger partial charge is 0.352 e. The predicted octanol–water partition coefficient (Wildman–Crippen LogP) is 7.19. The Hall–Kier alpha value is -4.06. The Morgan fingerprint density at radius 3 is 2.62 bits per heavy atom. The first-order valence-electron chi connectivity index (χ1n) is 15.3. The highest BCUT2D eigenvalue weighted by atomic mass is 35.5. The van der Waals surface area contributed by atoms with Gasteiger partial charge in [-0.15, -0.1) is 11.8 Å². The maximum atomic E-state index is 13.7. The van der Waals surface area contributed by atoms with Crippen LogP contribution in [0, 0.1) is 6.92 Å². The molecular weight excluding hydrogens is 654 g/mol. The van der Waals surface area contributed by atoms with Crippen LogP contribution in [0.5, 0.6) is 5.75 Å². The Labute approximate surface area is 283 Å². The van der Waals surface area contributed by atoms with Gasteiger partial charge in [-0.3, -0.25) is 13.6 Å². The van der Waals surface area contributed by atoms with Gasteiger partial charge in [0.05, 0.1) is 40.0 Å². The van der Waals surface area contributed by atoms with Crippen LogP contribution in [0.1, 0.15) is 45.2 Å². The molecule has 9 nitrogen and oxygen atoms in total. The first-order chi connectivity index (χ1) is 22.6. The van der Waals surface area contributed by atoms with Crippen molar-refractivity contribution in [1.82, 2.24) is 24.1 Å². The number of carboxylic acid groups (broad SMARTS) is 1. The molecule has 8 bridgehead atoms. The number of fused-ring (bicyclic) bond motifs is 8. The molecule has 242 valence electrons. The molecule has 0 aliphatic carbocycles. The second-order valence-corrected chi connectivity index (χ2v) is 14.8. The fourth-order valence-electron chi connectivity index (χ4n) is 6.65. The maximum absolute atomic E-state index is 13.7. The number of ether oxygens (including phenoxy) is 1. The molecule has 1 N–H and O–H groups in total. The number of nitrogens with zero attached hydrogens (tertiary/aromatic N) is 5. The predicted molar refractivity (Wildman–Crippen MR) is 188 cm³/mol. The number of carboxylic acids is 1. The SMILES string of the molecule is Cc1c2c(nn1C)CS(=O)Cc1cc(n(C)n1)CSc1cc(c3ccccc3c1)OCCCc1c(C(=O)O)n(C)c3c-2c(Cl)ccc13. The summed E-state index contributed by atoms with van der Waals surface area (Å²) in [7, 11) is 4.21. The molecule has 3 aromatic carbocycles. The number of rotatable bonds is 1. The highest BCUT2D eigenvalue weighted by Crippen LogP contribution is 2.42. The average molecular weight is 688 g/mol. The molecular formula is C35H34ClN5O4S2. The van der Waals surface area contributed by atoms with Crippen molar-refractivity contribution in [1.29, 1.82) is 0 Å². The van der Waals surface area contributed by atoms with E-state index in [1.54, 1.807) is 28.1 Å². The molecule has 0 amide bonds. The summed E-state index contributed by atoms with van der Waals surface area (Å²) in [6, 6.07) is 18.1. The summed E-state index contributed by atoms with van der Waals surface area (Å²) in [6.07, 6.45) is 1.11. The molecule has 0 spiro atoms. The van der Waals surface area contributed by atoms with Gasteiger partial charge in [0.2, 0.25) is 0 Å². The van der Waals surface area contributed by atoms with Crippen LogP contribution < -0.4 is 4.74 Å². The largest absolute Gasteiger partial charge is 0.493 e. The first kappa shape index (κ1) is 31.5. The van der Waals surface area contributed by atoms with Crippen LogP contribution >= 0.6 is 23.4 Å². The lowest BCUT2D eigenvalue weighted by molar-refractivity contribution is 0.0685. The zero-order chi connectivity index (χ0) is 33.0. The van der Waals surface area contributed by atoms with E-state index in [-0.39, 0.29) is 17.2 Å². The van der Waals surface area contributed by atoms with E-state index in [4.69, 9.17) is 21.4 Å². The topological polar surface area (TPSA) is 104 Å². The summed E-state index contributed by atoms with van der Waals surface area (Å²) < 4.78 is 25.4. The summed E-state index contributed by atoms with van der Waals surface area (Å²) in [6.45, 7) is 2.36. The van der Waals surface area contributed by atoms with Gasteiger partial charge in [0.15, 0.2) is 0 Å². The van der Waals surface area contributed by atoms with Crippen LogP contribution in [-0.2, 0) is 55.6 Å². The van der Waals surface area contributed by atoms with Crippen LogP contribution in [0.4, 0.5) is 0 Å². The standard InChI is InChI=1S/C35H34ClN5O4S2/c1-20-31-29(38-40(20)3)19-47(44)18-22-15-23(41(4)37-22)17-46-24-14-21-8-5-6-9-25(21)30(16-24)45-13-7-10-26-27-11-12-28(36)32(31)33(27)39(2)34(26)35(42)43/h5-6,8-9,11-12,14-16H,7,10,13,17-19H2,1-4H3,(H,42,43). The van der Waals surface area contributed by atoms with E-state index >= 15 is 0 Å². The van der Waals surface area contributed by atoms with E-state index in [0.717, 1.165) is 55.0 Å². The van der Waals surface area contributed by atoms with E-state index < -0.39 is 16.8 Å². The third-order valence-electron chi connectivity index (χ3n) is 8.91. The van der Waals surface area contributed by atoms with Crippen LogP contribution in [0.2, 0.25) is 5.02 Å². The Balaban J connectivity index is 1.38. The minimum Gasteiger partial charge on any atom is -0.493 e. The van der Waals surface area contributed by atoms with Crippen LogP contribution in [0.15, 0.2) is 59.5 Å². The molecule has 1 aliphatic heterocycles. The Morgan fingerprint density at radius 2 is 1.81 bits per heavy atom. The van der Waals surface area contributed by atoms with E-state index in [0.29, 0.717) is 47.0 Å². The molecule has 0 radical (unpaired) electrons. The van der Waals surface area contributed by atoms with Crippen LogP contribution in [-0.4, -0.2) is 46.0 Å². The second-order valence-electron chi connectivity index (χ2n) is 11.9. The lowest BCUT2D eigenvalue weighted by atomic mass is 9.98. The van der Waals surface area contributed by atoms with Gasteiger partial charge in [0.1, 0.15) is 11.4 Å². The van der Waals surface area contributed by atoms with Crippen molar-refractivity contribution in [2.75, 3.05) is 6.61 Å². The molecule has 7 rings (SSSR count). The quantitative estimate of drug-likeness (QED) is 0.195. The van der Waals surface area contributed by atoms with E-state index in [1.165, 1.54) is 0 Å². The maximum Gasteiger partial charge on any atom is 0.352 e. The minimum absolute atomic E-state index is 0.199. The Morgan fingerprint density at radius 1 is 1.00 bits per heavy atom. The van der Waals surface area contributed by atoms with Crippen LogP contribution in [0.3, 0.4) is 0 Å². The number of halogens is 1. The molecule has 1 unspecified atom stereocenters. The van der Waals surface area contributed by atoms with Gasteiger partial charge >= 0.3 is 5.97 Å². The molecule has 1 aliphatic rings. The zero-order valence-electron chi connectivity index (χ0n) is 26.5. The van der Waals surface area contributed by atoms with Crippen molar-refractivity contribution < 1.29 is 18.8 Å². The fourth-order valence-corrected chi connectivity index (χ4v) is 8.96. The first-order valence-corrected chi connectivity index (χ1v) is 18.2. The molecule has 3 aromatic heterocycles. The molecule has 0 fully saturated rings. The van der Waals surface area contributed by atoms with Gasteiger partial charge in [0, 0.05) is 75.9 Å². The summed E-state index contributed by atoms with van der Waals surface area (Å²) in [4.78, 5) is 13.8.